The fraction of sp³-hybridized carbons (Fsp3) is 0.238. The van der Waals surface area contributed by atoms with Crippen molar-refractivity contribution < 1.29 is 49.5 Å². The Morgan fingerprint density at radius 2 is 1.60 bits per heavy atom. The minimum atomic E-state index is -0.242. The van der Waals surface area contributed by atoms with E-state index in [1.54, 1.807) is 57.0 Å². The third-order valence-electron chi connectivity index (χ3n) is 5.34. The van der Waals surface area contributed by atoms with E-state index in [0.717, 1.165) is 0 Å². The van der Waals surface area contributed by atoms with Crippen molar-refractivity contribution in [1.82, 2.24) is 0 Å². The molecule has 5 rings (SSSR count). The summed E-state index contributed by atoms with van der Waals surface area (Å²) in [5.74, 6) is 0. The fourth-order valence-electron chi connectivity index (χ4n) is 4.29. The van der Waals surface area contributed by atoms with E-state index < -0.39 is 0 Å². The van der Waals surface area contributed by atoms with Gasteiger partial charge >= 0.3 is 154 Å². The van der Waals surface area contributed by atoms with E-state index in [0.29, 0.717) is 3.63 Å². The van der Waals surface area contributed by atoms with E-state index in [-0.39, 0.29) is 32.3 Å². The Morgan fingerprint density at radius 1 is 0.880 bits per heavy atom. The van der Waals surface area contributed by atoms with Crippen LogP contribution in [-0.4, -0.2) is 0 Å². The summed E-state index contributed by atoms with van der Waals surface area (Å²) in [6.07, 6.45) is 7.91. The number of aryl methyl sites for hydroxylation is 1. The summed E-state index contributed by atoms with van der Waals surface area (Å²) in [5, 5.41) is 6.74. The van der Waals surface area contributed by atoms with E-state index in [4.69, 9.17) is 0 Å². The first-order valence-electron chi connectivity index (χ1n) is 8.48. The summed E-state index contributed by atoms with van der Waals surface area (Å²) >= 11 is 1.64. The number of halogens is 2. The molecule has 2 aromatic carbocycles. The number of allylic oxidation sites excluding steroid dienone is 1. The van der Waals surface area contributed by atoms with Gasteiger partial charge in [0, 0.05) is 0 Å². The van der Waals surface area contributed by atoms with Gasteiger partial charge in [-0.15, -0.1) is 0 Å². The Kier molecular flexibility index (Phi) is 6.02. The van der Waals surface area contributed by atoms with E-state index in [2.05, 4.69) is 54.6 Å². The van der Waals surface area contributed by atoms with Gasteiger partial charge < -0.3 is 24.8 Å². The molecule has 0 aliphatic heterocycles. The second-order valence-corrected chi connectivity index (χ2v) is 10.2. The maximum atomic E-state index is 2.53. The number of benzene rings is 2. The number of rotatable bonds is 1. The zero-order valence-electron chi connectivity index (χ0n) is 13.8. The molecule has 0 fully saturated rings. The van der Waals surface area contributed by atoms with Crippen molar-refractivity contribution in [3.8, 4) is 0 Å². The Balaban J connectivity index is 0.000000911. The number of hydrogen-bond donors (Lipinski definition) is 0. The molecule has 0 radical (unpaired) electrons. The van der Waals surface area contributed by atoms with Crippen LogP contribution in [0.15, 0.2) is 48.5 Å². The van der Waals surface area contributed by atoms with Gasteiger partial charge in [-0.1, -0.05) is 0 Å². The average molecular weight is 463 g/mol. The molecule has 1 aromatic heterocycles. The van der Waals surface area contributed by atoms with Crippen LogP contribution in [0.4, 0.5) is 0 Å². The Hall–Kier alpha value is -0.317. The second kappa shape index (κ2) is 7.74. The molecule has 25 heavy (non-hydrogen) atoms. The van der Waals surface area contributed by atoms with Crippen LogP contribution in [0.1, 0.15) is 38.5 Å². The molecular weight excluding hydrogens is 445 g/mol. The molecule has 0 saturated carbocycles. The van der Waals surface area contributed by atoms with Gasteiger partial charge in [0.1, 0.15) is 0 Å². The molecule has 0 spiro atoms. The van der Waals surface area contributed by atoms with Gasteiger partial charge in [0.15, 0.2) is 0 Å². The van der Waals surface area contributed by atoms with Crippen molar-refractivity contribution in [1.29, 1.82) is 0 Å². The van der Waals surface area contributed by atoms with E-state index >= 15 is 0 Å². The van der Waals surface area contributed by atoms with E-state index in [1.807, 2.05) is 0 Å². The van der Waals surface area contributed by atoms with E-state index in [9.17, 15) is 0 Å². The van der Waals surface area contributed by atoms with Gasteiger partial charge in [0.25, 0.3) is 0 Å². The maximum absolute atomic E-state index is 2.53. The third kappa shape index (κ3) is 3.02. The van der Waals surface area contributed by atoms with Crippen LogP contribution in [0.2, 0.25) is 0 Å². The number of hydrogen-bond acceptors (Lipinski definition) is 0. The van der Waals surface area contributed by atoms with Crippen LogP contribution >= 0.6 is 7.53 Å². The van der Waals surface area contributed by atoms with Crippen molar-refractivity contribution in [3.05, 3.63) is 70.5 Å². The third-order valence-corrected chi connectivity index (χ3v) is 10.3. The van der Waals surface area contributed by atoms with Crippen molar-refractivity contribution in [3.63, 3.8) is 0 Å². The molecular formula is C21H18Cl2PZr. The van der Waals surface area contributed by atoms with Gasteiger partial charge in [-0.25, -0.2) is 0 Å². The molecule has 125 valence electrons. The molecule has 0 bridgehead atoms. The van der Waals surface area contributed by atoms with Crippen LogP contribution in [0, 0.1) is 0 Å². The molecule has 2 aliphatic carbocycles. The summed E-state index contributed by atoms with van der Waals surface area (Å²) < 4.78 is 0.659. The Labute approximate surface area is 177 Å². The van der Waals surface area contributed by atoms with Crippen molar-refractivity contribution in [2.75, 3.05) is 0 Å². The molecule has 0 N–H and O–H groups in total. The van der Waals surface area contributed by atoms with Crippen LogP contribution in [0.25, 0.3) is 21.9 Å². The zero-order valence-corrected chi connectivity index (χ0v) is 18.7. The van der Waals surface area contributed by atoms with Crippen molar-refractivity contribution >= 4 is 29.4 Å². The number of fused-ring (bicyclic) bond motifs is 4. The summed E-state index contributed by atoms with van der Waals surface area (Å²) in [6, 6.07) is 18.3. The minimum absolute atomic E-state index is 0. The topological polar surface area (TPSA) is 0 Å². The molecule has 0 saturated heterocycles. The van der Waals surface area contributed by atoms with Crippen molar-refractivity contribution in [2.24, 2.45) is 0 Å². The molecule has 3 aromatic rings. The standard InChI is InChI=1S/C21H18P.2ClH.Zr/c1-2-8-16-14-17(13-15(16)7-1)22-20-11-5-3-9-18(20)19-10-4-6-12-21(19)22;;;/h1-3,5,7-9,11,13-14H,4,6,10,12H2;2*1H;/q;;;+2/p-2. The van der Waals surface area contributed by atoms with E-state index in [1.165, 1.54) is 31.2 Å². The molecule has 4 heteroatoms. The zero-order chi connectivity index (χ0) is 15.4. The van der Waals surface area contributed by atoms with Crippen LogP contribution in [0.3, 0.4) is 0 Å². The van der Waals surface area contributed by atoms with Gasteiger partial charge in [-0.3, -0.25) is 0 Å². The molecule has 0 amide bonds. The fourth-order valence-corrected chi connectivity index (χ4v) is 9.21. The normalized spacial score (nSPS) is 18.7. The first-order chi connectivity index (χ1) is 11.3. The van der Waals surface area contributed by atoms with Crippen LogP contribution < -0.4 is 24.8 Å². The quantitative estimate of drug-likeness (QED) is 0.488. The molecule has 2 unspecified atom stereocenters. The Morgan fingerprint density at radius 3 is 2.44 bits per heavy atom. The van der Waals surface area contributed by atoms with Crippen LogP contribution in [-0.2, 0) is 37.6 Å². The molecule has 1 heterocycles. The SMILES string of the molecule is [Cl-].[Cl-].[Zr+2][CH]1C(p2c3c(c4ccccc42)CCCC3)=Cc2ccccc21. The Bertz CT molecular complexity index is 958. The van der Waals surface area contributed by atoms with Crippen LogP contribution in [0.5, 0.6) is 0 Å². The van der Waals surface area contributed by atoms with Gasteiger partial charge in [0.2, 0.25) is 0 Å². The first-order valence-corrected chi connectivity index (χ1v) is 11.2. The van der Waals surface area contributed by atoms with Gasteiger partial charge in [-0.05, 0) is 0 Å². The second-order valence-electron chi connectivity index (χ2n) is 6.62. The first kappa shape index (κ1) is 19.4. The van der Waals surface area contributed by atoms with Gasteiger partial charge in [-0.2, -0.15) is 0 Å². The predicted octanol–water partition coefficient (Wildman–Crippen LogP) is 0.313. The predicted molar refractivity (Wildman–Crippen MR) is 96.6 cm³/mol. The summed E-state index contributed by atoms with van der Waals surface area (Å²) in [6.45, 7) is 0. The molecule has 2 aliphatic rings. The molecule has 2 atom stereocenters. The monoisotopic (exact) mass is 461 g/mol. The summed E-state index contributed by atoms with van der Waals surface area (Å²) in [4.78, 5) is 0. The van der Waals surface area contributed by atoms with Crippen molar-refractivity contribution in [2.45, 2.75) is 29.3 Å². The average Bonchev–Trinajstić information content (AvgIpc) is 3.11. The summed E-state index contributed by atoms with van der Waals surface area (Å²) in [5.41, 5.74) is 4.73. The van der Waals surface area contributed by atoms with Gasteiger partial charge in [0.05, 0.1) is 0 Å². The molecule has 0 nitrogen and oxygen atoms in total. The summed E-state index contributed by atoms with van der Waals surface area (Å²) in [7, 11) is -0.242.